The maximum Gasteiger partial charge on any atom is 0.271 e. The molecule has 0 atom stereocenters. The van der Waals surface area contributed by atoms with Gasteiger partial charge in [-0.2, -0.15) is 0 Å². The number of carbonyl (C=O) groups is 1. The zero-order valence-corrected chi connectivity index (χ0v) is 14.8. The lowest BCUT2D eigenvalue weighted by Gasteiger charge is -2.12. The molecule has 0 radical (unpaired) electrons. The number of ether oxygens (including phenoxy) is 1. The number of anilines is 2. The van der Waals surface area contributed by atoms with E-state index in [9.17, 15) is 4.79 Å². The number of unbranched alkanes of at least 4 members (excludes halogenated alkanes) is 1. The van der Waals surface area contributed by atoms with Crippen LogP contribution in [0.15, 0.2) is 24.3 Å². The largest absolute Gasteiger partial charge is 0.495 e. The summed E-state index contributed by atoms with van der Waals surface area (Å²) in [7, 11) is 1.57. The summed E-state index contributed by atoms with van der Waals surface area (Å²) in [4.78, 5) is 11.9. The Hall–Kier alpha value is -2.34. The van der Waals surface area contributed by atoms with Crippen molar-refractivity contribution in [3.05, 3.63) is 40.5 Å². The summed E-state index contributed by atoms with van der Waals surface area (Å²) >= 11 is 6.10. The minimum absolute atomic E-state index is 0.220. The van der Waals surface area contributed by atoms with Crippen molar-refractivity contribution in [2.45, 2.75) is 26.7 Å². The molecule has 0 spiro atoms. The van der Waals surface area contributed by atoms with Crippen LogP contribution in [-0.4, -0.2) is 29.8 Å². The van der Waals surface area contributed by atoms with Gasteiger partial charge in [0.15, 0.2) is 11.5 Å². The predicted octanol–water partition coefficient (Wildman–Crippen LogP) is 3.72. The molecule has 1 amide bonds. The first-order valence-corrected chi connectivity index (χ1v) is 8.16. The van der Waals surface area contributed by atoms with Crippen LogP contribution in [0.1, 0.15) is 35.8 Å². The molecule has 1 aromatic carbocycles. The molecule has 1 heterocycles. The number of carbonyl (C=O) groups excluding carboxylic acids is 1. The van der Waals surface area contributed by atoms with Crippen LogP contribution in [0.2, 0.25) is 5.02 Å². The summed E-state index contributed by atoms with van der Waals surface area (Å²) in [6, 6.07) is 6.94. The SMILES string of the molecule is CCCCNC(=O)c1ccc(Nc2cc(C)c(Cl)cc2OC)nn1. The molecule has 0 unspecified atom stereocenters. The van der Waals surface area contributed by atoms with E-state index < -0.39 is 0 Å². The summed E-state index contributed by atoms with van der Waals surface area (Å²) in [5.74, 6) is 0.899. The zero-order valence-electron chi connectivity index (χ0n) is 14.0. The van der Waals surface area contributed by atoms with Crippen LogP contribution < -0.4 is 15.4 Å². The van der Waals surface area contributed by atoms with Crippen molar-refractivity contribution < 1.29 is 9.53 Å². The van der Waals surface area contributed by atoms with Crippen LogP contribution in [0.25, 0.3) is 0 Å². The van der Waals surface area contributed by atoms with Gasteiger partial charge in [0.25, 0.3) is 5.91 Å². The molecule has 2 N–H and O–H groups in total. The Morgan fingerprint density at radius 2 is 2.08 bits per heavy atom. The van der Waals surface area contributed by atoms with Gasteiger partial charge in [-0.25, -0.2) is 0 Å². The summed E-state index contributed by atoms with van der Waals surface area (Å²) in [5.41, 5.74) is 1.93. The van der Waals surface area contributed by atoms with Gasteiger partial charge < -0.3 is 15.4 Å². The Bertz CT molecular complexity index is 704. The monoisotopic (exact) mass is 348 g/mol. The molecule has 2 aromatic rings. The molecule has 24 heavy (non-hydrogen) atoms. The Morgan fingerprint density at radius 3 is 2.71 bits per heavy atom. The second-order valence-corrected chi connectivity index (χ2v) is 5.75. The third-order valence-corrected chi connectivity index (χ3v) is 3.86. The van der Waals surface area contributed by atoms with Crippen molar-refractivity contribution in [2.24, 2.45) is 0 Å². The average molecular weight is 349 g/mol. The minimum atomic E-state index is -0.220. The summed E-state index contributed by atoms with van der Waals surface area (Å²) in [6.07, 6.45) is 1.96. The number of nitrogens with zero attached hydrogens (tertiary/aromatic N) is 2. The van der Waals surface area contributed by atoms with Gasteiger partial charge in [0.2, 0.25) is 0 Å². The average Bonchev–Trinajstić information content (AvgIpc) is 2.58. The van der Waals surface area contributed by atoms with Crippen molar-refractivity contribution in [2.75, 3.05) is 19.0 Å². The second kappa shape index (κ2) is 8.49. The normalized spacial score (nSPS) is 10.3. The lowest BCUT2D eigenvalue weighted by Crippen LogP contribution is -2.25. The molecular formula is C17H21ClN4O2. The number of aromatic nitrogens is 2. The number of methoxy groups -OCH3 is 1. The van der Waals surface area contributed by atoms with Crippen LogP contribution in [0.5, 0.6) is 5.75 Å². The van der Waals surface area contributed by atoms with Gasteiger partial charge in [0.05, 0.1) is 12.8 Å². The van der Waals surface area contributed by atoms with E-state index >= 15 is 0 Å². The highest BCUT2D eigenvalue weighted by Crippen LogP contribution is 2.32. The molecule has 0 aliphatic heterocycles. The van der Waals surface area contributed by atoms with E-state index in [1.807, 2.05) is 13.0 Å². The molecule has 0 saturated carbocycles. The van der Waals surface area contributed by atoms with Crippen LogP contribution in [0.4, 0.5) is 11.5 Å². The number of nitrogens with one attached hydrogen (secondary N) is 2. The smallest absolute Gasteiger partial charge is 0.271 e. The van der Waals surface area contributed by atoms with Crippen LogP contribution >= 0.6 is 11.6 Å². The first-order valence-electron chi connectivity index (χ1n) is 7.78. The van der Waals surface area contributed by atoms with Crippen molar-refractivity contribution in [3.8, 4) is 5.75 Å². The van der Waals surface area contributed by atoms with Gasteiger partial charge in [-0.3, -0.25) is 4.79 Å². The predicted molar refractivity (Wildman–Crippen MR) is 95.3 cm³/mol. The van der Waals surface area contributed by atoms with Crippen molar-refractivity contribution in [3.63, 3.8) is 0 Å². The maximum absolute atomic E-state index is 11.9. The molecule has 1 aromatic heterocycles. The number of hydrogen-bond donors (Lipinski definition) is 2. The van der Waals surface area contributed by atoms with E-state index in [0.717, 1.165) is 24.1 Å². The zero-order chi connectivity index (χ0) is 17.5. The third-order valence-electron chi connectivity index (χ3n) is 3.46. The standard InChI is InChI=1S/C17H21ClN4O2/c1-4-5-8-19-17(23)13-6-7-16(22-21-13)20-14-9-11(2)12(18)10-15(14)24-3/h6-7,9-10H,4-5,8H2,1-3H3,(H,19,23)(H,20,22). The number of rotatable bonds is 7. The summed E-state index contributed by atoms with van der Waals surface area (Å²) in [5, 5.41) is 14.6. The van der Waals surface area contributed by atoms with E-state index in [1.165, 1.54) is 0 Å². The van der Waals surface area contributed by atoms with Gasteiger partial charge in [-0.15, -0.1) is 10.2 Å². The highest BCUT2D eigenvalue weighted by Gasteiger charge is 2.10. The fourth-order valence-electron chi connectivity index (χ4n) is 2.06. The molecule has 128 valence electrons. The van der Waals surface area contributed by atoms with E-state index in [0.29, 0.717) is 23.1 Å². The van der Waals surface area contributed by atoms with E-state index in [4.69, 9.17) is 16.3 Å². The van der Waals surface area contributed by atoms with Crippen LogP contribution in [-0.2, 0) is 0 Å². The summed E-state index contributed by atoms with van der Waals surface area (Å²) in [6.45, 7) is 4.61. The number of benzene rings is 1. The third kappa shape index (κ3) is 4.58. The quantitative estimate of drug-likeness (QED) is 0.746. The van der Waals surface area contributed by atoms with Crippen molar-refractivity contribution >= 4 is 29.0 Å². The molecule has 0 bridgehead atoms. The molecule has 2 rings (SSSR count). The van der Waals surface area contributed by atoms with Gasteiger partial charge in [0, 0.05) is 17.6 Å². The van der Waals surface area contributed by atoms with Crippen LogP contribution in [0, 0.1) is 6.92 Å². The highest BCUT2D eigenvalue weighted by molar-refractivity contribution is 6.31. The van der Waals surface area contributed by atoms with Gasteiger partial charge in [-0.05, 0) is 37.1 Å². The number of halogens is 1. The molecule has 0 fully saturated rings. The van der Waals surface area contributed by atoms with Gasteiger partial charge in [0.1, 0.15) is 5.75 Å². The van der Waals surface area contributed by atoms with Gasteiger partial charge in [-0.1, -0.05) is 24.9 Å². The summed E-state index contributed by atoms with van der Waals surface area (Å²) < 4.78 is 5.31. The Morgan fingerprint density at radius 1 is 1.29 bits per heavy atom. The number of amides is 1. The van der Waals surface area contributed by atoms with Crippen molar-refractivity contribution in [1.29, 1.82) is 0 Å². The van der Waals surface area contributed by atoms with E-state index in [-0.39, 0.29) is 11.6 Å². The first kappa shape index (κ1) is 18.0. The fourth-order valence-corrected chi connectivity index (χ4v) is 2.21. The van der Waals surface area contributed by atoms with E-state index in [2.05, 4.69) is 27.8 Å². The molecule has 0 aliphatic carbocycles. The molecule has 0 saturated heterocycles. The van der Waals surface area contributed by atoms with E-state index in [1.54, 1.807) is 25.3 Å². The van der Waals surface area contributed by atoms with Gasteiger partial charge >= 0.3 is 0 Å². The highest BCUT2D eigenvalue weighted by atomic mass is 35.5. The number of hydrogen-bond acceptors (Lipinski definition) is 5. The lowest BCUT2D eigenvalue weighted by atomic mass is 10.2. The maximum atomic E-state index is 11.9. The first-order chi connectivity index (χ1) is 11.5. The molecule has 7 heteroatoms. The lowest BCUT2D eigenvalue weighted by molar-refractivity contribution is 0.0947. The topological polar surface area (TPSA) is 76.1 Å². The Kier molecular flexibility index (Phi) is 6.37. The minimum Gasteiger partial charge on any atom is -0.495 e. The van der Waals surface area contributed by atoms with Crippen LogP contribution in [0.3, 0.4) is 0 Å². The second-order valence-electron chi connectivity index (χ2n) is 5.34. The Labute approximate surface area is 146 Å². The Balaban J connectivity index is 2.09. The molecular weight excluding hydrogens is 328 g/mol. The van der Waals surface area contributed by atoms with Crippen molar-refractivity contribution in [1.82, 2.24) is 15.5 Å². The molecule has 6 nitrogen and oxygen atoms in total. The number of aryl methyl sites for hydroxylation is 1. The fraction of sp³-hybridized carbons (Fsp3) is 0.353. The molecule has 0 aliphatic rings.